The summed E-state index contributed by atoms with van der Waals surface area (Å²) in [6, 6.07) is 1.95. The van der Waals surface area contributed by atoms with Gasteiger partial charge >= 0.3 is 12.1 Å². The summed E-state index contributed by atoms with van der Waals surface area (Å²) >= 11 is 0. The van der Waals surface area contributed by atoms with Gasteiger partial charge in [0.05, 0.1) is 5.56 Å². The zero-order valence-electron chi connectivity index (χ0n) is 8.77. The first-order valence-corrected chi connectivity index (χ1v) is 4.46. The molecule has 17 heavy (non-hydrogen) atoms. The molecule has 1 rings (SSSR count). The number of hydrogen-bond donors (Lipinski definition) is 0. The lowest BCUT2D eigenvalue weighted by Gasteiger charge is -2.10. The van der Waals surface area contributed by atoms with Crippen LogP contribution in [0.4, 0.5) is 17.6 Å². The Morgan fingerprint density at radius 1 is 1.35 bits per heavy atom. The van der Waals surface area contributed by atoms with Gasteiger partial charge in [-0.15, -0.1) is 0 Å². The SMILES string of the molecule is C=C(C)C(=O)Oc1ccc(F)c(C(F)(F)F)c1. The van der Waals surface area contributed by atoms with Gasteiger partial charge in [0.2, 0.25) is 0 Å². The number of esters is 1. The predicted molar refractivity (Wildman–Crippen MR) is 51.9 cm³/mol. The molecule has 2 nitrogen and oxygen atoms in total. The van der Waals surface area contributed by atoms with Gasteiger partial charge in [0, 0.05) is 5.57 Å². The fraction of sp³-hybridized carbons (Fsp3) is 0.182. The van der Waals surface area contributed by atoms with Crippen molar-refractivity contribution < 1.29 is 27.1 Å². The second-order valence-electron chi connectivity index (χ2n) is 3.31. The highest BCUT2D eigenvalue weighted by Gasteiger charge is 2.34. The van der Waals surface area contributed by atoms with E-state index in [1.165, 1.54) is 6.92 Å². The number of ether oxygens (including phenoxy) is 1. The van der Waals surface area contributed by atoms with Gasteiger partial charge in [0.1, 0.15) is 11.6 Å². The summed E-state index contributed by atoms with van der Waals surface area (Å²) in [5.41, 5.74) is -1.45. The molecule has 1 aromatic carbocycles. The topological polar surface area (TPSA) is 26.3 Å². The predicted octanol–water partition coefficient (Wildman–Crippen LogP) is 3.33. The van der Waals surface area contributed by atoms with Crippen LogP contribution >= 0.6 is 0 Å². The molecular weight excluding hydrogens is 240 g/mol. The maximum atomic E-state index is 12.9. The largest absolute Gasteiger partial charge is 0.423 e. The van der Waals surface area contributed by atoms with E-state index in [1.54, 1.807) is 0 Å². The lowest BCUT2D eigenvalue weighted by atomic mass is 10.2. The molecule has 0 aliphatic carbocycles. The molecule has 0 aliphatic heterocycles. The number of carbonyl (C=O) groups excluding carboxylic acids is 1. The molecule has 0 spiro atoms. The molecule has 92 valence electrons. The second kappa shape index (κ2) is 4.57. The van der Waals surface area contributed by atoms with Crippen LogP contribution in [0.5, 0.6) is 5.75 Å². The lowest BCUT2D eigenvalue weighted by molar-refractivity contribution is -0.140. The number of alkyl halides is 3. The van der Waals surface area contributed by atoms with Gasteiger partial charge in [-0.05, 0) is 25.1 Å². The van der Waals surface area contributed by atoms with Crippen LogP contribution in [0.3, 0.4) is 0 Å². The van der Waals surface area contributed by atoms with Crippen molar-refractivity contribution in [1.82, 2.24) is 0 Å². The van der Waals surface area contributed by atoms with Crippen molar-refractivity contribution in [3.63, 3.8) is 0 Å². The van der Waals surface area contributed by atoms with Crippen LogP contribution in [0.25, 0.3) is 0 Å². The van der Waals surface area contributed by atoms with E-state index >= 15 is 0 Å². The van der Waals surface area contributed by atoms with Crippen LogP contribution in [0.2, 0.25) is 0 Å². The Morgan fingerprint density at radius 2 is 1.94 bits per heavy atom. The Morgan fingerprint density at radius 3 is 2.41 bits per heavy atom. The van der Waals surface area contributed by atoms with Crippen molar-refractivity contribution in [3.8, 4) is 5.75 Å². The first-order valence-electron chi connectivity index (χ1n) is 4.46. The van der Waals surface area contributed by atoms with Crippen molar-refractivity contribution in [3.05, 3.63) is 41.7 Å². The van der Waals surface area contributed by atoms with Gasteiger partial charge in [-0.2, -0.15) is 13.2 Å². The van der Waals surface area contributed by atoms with Crippen molar-refractivity contribution >= 4 is 5.97 Å². The first kappa shape index (κ1) is 13.2. The Balaban J connectivity index is 3.05. The van der Waals surface area contributed by atoms with Crippen molar-refractivity contribution in [1.29, 1.82) is 0 Å². The molecule has 0 radical (unpaired) electrons. The monoisotopic (exact) mass is 248 g/mol. The van der Waals surface area contributed by atoms with Crippen LogP contribution in [0.1, 0.15) is 12.5 Å². The molecule has 0 fully saturated rings. The fourth-order valence-electron chi connectivity index (χ4n) is 0.979. The summed E-state index contributed by atoms with van der Waals surface area (Å²) < 4.78 is 54.4. The average Bonchev–Trinajstić information content (AvgIpc) is 2.19. The molecule has 1 aromatic rings. The van der Waals surface area contributed by atoms with E-state index in [0.717, 1.165) is 6.07 Å². The average molecular weight is 248 g/mol. The van der Waals surface area contributed by atoms with Crippen LogP contribution < -0.4 is 4.74 Å². The van der Waals surface area contributed by atoms with Crippen LogP contribution in [-0.2, 0) is 11.0 Å². The minimum absolute atomic E-state index is 0.0304. The molecule has 0 bridgehead atoms. The summed E-state index contributed by atoms with van der Waals surface area (Å²) in [5, 5.41) is 0. The maximum absolute atomic E-state index is 12.9. The summed E-state index contributed by atoms with van der Waals surface area (Å²) in [4.78, 5) is 11.1. The molecule has 0 aliphatic rings. The Bertz CT molecular complexity index is 463. The van der Waals surface area contributed by atoms with E-state index in [-0.39, 0.29) is 11.3 Å². The normalized spacial score (nSPS) is 11.1. The Hall–Kier alpha value is -1.85. The molecule has 0 atom stereocenters. The van der Waals surface area contributed by atoms with E-state index in [4.69, 9.17) is 0 Å². The molecule has 0 unspecified atom stereocenters. The third-order valence-electron chi connectivity index (χ3n) is 1.80. The highest BCUT2D eigenvalue weighted by Crippen LogP contribution is 2.33. The molecule has 0 N–H and O–H groups in total. The van der Waals surface area contributed by atoms with E-state index in [0.29, 0.717) is 12.1 Å². The lowest BCUT2D eigenvalue weighted by Crippen LogP contribution is -2.11. The maximum Gasteiger partial charge on any atom is 0.419 e. The summed E-state index contributed by atoms with van der Waals surface area (Å²) in [5.74, 6) is -2.68. The second-order valence-corrected chi connectivity index (χ2v) is 3.31. The van der Waals surface area contributed by atoms with Gasteiger partial charge in [-0.1, -0.05) is 6.58 Å². The van der Waals surface area contributed by atoms with Crippen LogP contribution in [0, 0.1) is 5.82 Å². The summed E-state index contributed by atoms with van der Waals surface area (Å²) in [7, 11) is 0. The molecule has 6 heteroatoms. The third-order valence-corrected chi connectivity index (χ3v) is 1.80. The quantitative estimate of drug-likeness (QED) is 0.347. The van der Waals surface area contributed by atoms with Gasteiger partial charge in [0.25, 0.3) is 0 Å². The Kier molecular flexibility index (Phi) is 3.55. The third kappa shape index (κ3) is 3.30. The number of halogens is 4. The van der Waals surface area contributed by atoms with Gasteiger partial charge in [0.15, 0.2) is 0 Å². The van der Waals surface area contributed by atoms with E-state index in [2.05, 4.69) is 11.3 Å². The zero-order valence-corrected chi connectivity index (χ0v) is 8.77. The van der Waals surface area contributed by atoms with Crippen molar-refractivity contribution in [2.45, 2.75) is 13.1 Å². The standard InChI is InChI=1S/C11H8F4O2/c1-6(2)10(16)17-7-3-4-9(12)8(5-7)11(13,14)15/h3-5H,1H2,2H3. The minimum Gasteiger partial charge on any atom is -0.423 e. The number of hydrogen-bond acceptors (Lipinski definition) is 2. The summed E-state index contributed by atoms with van der Waals surface area (Å²) in [6.07, 6.45) is -4.84. The van der Waals surface area contributed by atoms with E-state index in [1.807, 2.05) is 0 Å². The molecule has 0 heterocycles. The van der Waals surface area contributed by atoms with Crippen LogP contribution in [0.15, 0.2) is 30.4 Å². The highest BCUT2D eigenvalue weighted by atomic mass is 19.4. The van der Waals surface area contributed by atoms with Gasteiger partial charge in [-0.25, -0.2) is 9.18 Å². The van der Waals surface area contributed by atoms with E-state index < -0.39 is 23.5 Å². The zero-order chi connectivity index (χ0) is 13.2. The first-order chi connectivity index (χ1) is 7.71. The van der Waals surface area contributed by atoms with Crippen LogP contribution in [-0.4, -0.2) is 5.97 Å². The van der Waals surface area contributed by atoms with Gasteiger partial charge < -0.3 is 4.74 Å². The molecule has 0 amide bonds. The Labute approximate surface area is 94.5 Å². The molecule has 0 saturated heterocycles. The molecular formula is C11H8F4O2. The van der Waals surface area contributed by atoms with Crippen molar-refractivity contribution in [2.75, 3.05) is 0 Å². The van der Waals surface area contributed by atoms with Gasteiger partial charge in [-0.3, -0.25) is 0 Å². The highest BCUT2D eigenvalue weighted by molar-refractivity contribution is 5.88. The minimum atomic E-state index is -4.84. The smallest absolute Gasteiger partial charge is 0.419 e. The fourth-order valence-corrected chi connectivity index (χ4v) is 0.979. The summed E-state index contributed by atoms with van der Waals surface area (Å²) in [6.45, 7) is 4.61. The molecule has 0 saturated carbocycles. The number of carbonyl (C=O) groups is 1. The van der Waals surface area contributed by atoms with Crippen molar-refractivity contribution in [2.24, 2.45) is 0 Å². The van der Waals surface area contributed by atoms with E-state index in [9.17, 15) is 22.4 Å². The number of rotatable bonds is 2. The molecule has 0 aromatic heterocycles. The number of benzene rings is 1.